The van der Waals surface area contributed by atoms with E-state index < -0.39 is 0 Å². The summed E-state index contributed by atoms with van der Waals surface area (Å²) >= 11 is 0. The summed E-state index contributed by atoms with van der Waals surface area (Å²) in [5.74, 6) is 0.768. The average molecular weight is 156 g/mol. The van der Waals surface area contributed by atoms with Crippen LogP contribution in [0.25, 0.3) is 0 Å². The molecule has 1 saturated heterocycles. The van der Waals surface area contributed by atoms with E-state index in [0.29, 0.717) is 0 Å². The smallest absolute Gasteiger partial charge is 0.00644 e. The molecule has 2 nitrogen and oxygen atoms in total. The van der Waals surface area contributed by atoms with Gasteiger partial charge in [0.15, 0.2) is 0 Å². The first-order chi connectivity index (χ1) is 5.27. The summed E-state index contributed by atoms with van der Waals surface area (Å²) in [5, 5.41) is 0. The summed E-state index contributed by atoms with van der Waals surface area (Å²) in [4.78, 5) is 2.55. The first kappa shape index (κ1) is 9.01. The van der Waals surface area contributed by atoms with Crippen molar-refractivity contribution in [2.45, 2.75) is 32.7 Å². The standard InChI is InChI=1S/C9H20N2/c1-3-8(2)11-5-4-9(6-10)7-11/h8-9H,3-7,10H2,1-2H3/t8-,9-/m1/s1. The lowest BCUT2D eigenvalue weighted by Crippen LogP contribution is -2.31. The van der Waals surface area contributed by atoms with E-state index in [1.807, 2.05) is 0 Å². The summed E-state index contributed by atoms with van der Waals surface area (Å²) in [6.07, 6.45) is 2.57. The lowest BCUT2D eigenvalue weighted by atomic mass is 10.1. The van der Waals surface area contributed by atoms with Crippen LogP contribution in [0.5, 0.6) is 0 Å². The Bertz CT molecular complexity index is 114. The van der Waals surface area contributed by atoms with Crippen LogP contribution < -0.4 is 5.73 Å². The fourth-order valence-electron chi connectivity index (χ4n) is 1.71. The molecule has 0 spiro atoms. The van der Waals surface area contributed by atoms with E-state index in [-0.39, 0.29) is 0 Å². The molecular formula is C9H20N2. The Balaban J connectivity index is 2.29. The molecule has 66 valence electrons. The van der Waals surface area contributed by atoms with Gasteiger partial charge >= 0.3 is 0 Å². The van der Waals surface area contributed by atoms with Gasteiger partial charge in [-0.25, -0.2) is 0 Å². The molecule has 0 aromatic heterocycles. The Morgan fingerprint density at radius 3 is 2.82 bits per heavy atom. The molecule has 1 fully saturated rings. The third-order valence-electron chi connectivity index (χ3n) is 2.86. The summed E-state index contributed by atoms with van der Waals surface area (Å²) in [5.41, 5.74) is 5.61. The highest BCUT2D eigenvalue weighted by molar-refractivity contribution is 4.79. The van der Waals surface area contributed by atoms with Crippen molar-refractivity contribution in [3.8, 4) is 0 Å². The van der Waals surface area contributed by atoms with Crippen LogP contribution in [0.4, 0.5) is 0 Å². The fraction of sp³-hybridized carbons (Fsp3) is 1.00. The van der Waals surface area contributed by atoms with Crippen LogP contribution in [0.15, 0.2) is 0 Å². The molecule has 1 heterocycles. The van der Waals surface area contributed by atoms with Gasteiger partial charge in [0.25, 0.3) is 0 Å². The highest BCUT2D eigenvalue weighted by Gasteiger charge is 2.23. The van der Waals surface area contributed by atoms with Gasteiger partial charge in [0, 0.05) is 12.6 Å². The van der Waals surface area contributed by atoms with Crippen LogP contribution in [0, 0.1) is 5.92 Å². The number of nitrogens with zero attached hydrogens (tertiary/aromatic N) is 1. The second-order valence-corrected chi connectivity index (χ2v) is 3.64. The van der Waals surface area contributed by atoms with E-state index in [1.54, 1.807) is 0 Å². The average Bonchev–Trinajstić information content (AvgIpc) is 2.50. The molecule has 11 heavy (non-hydrogen) atoms. The van der Waals surface area contributed by atoms with Crippen molar-refractivity contribution in [2.24, 2.45) is 11.7 Å². The normalized spacial score (nSPS) is 29.2. The maximum Gasteiger partial charge on any atom is 0.00644 e. The van der Waals surface area contributed by atoms with E-state index in [9.17, 15) is 0 Å². The predicted molar refractivity (Wildman–Crippen MR) is 48.5 cm³/mol. The van der Waals surface area contributed by atoms with E-state index >= 15 is 0 Å². The third-order valence-corrected chi connectivity index (χ3v) is 2.86. The zero-order valence-electron chi connectivity index (χ0n) is 7.71. The zero-order valence-corrected chi connectivity index (χ0v) is 7.71. The van der Waals surface area contributed by atoms with Crippen LogP contribution in [-0.4, -0.2) is 30.6 Å². The Kier molecular flexibility index (Phi) is 3.34. The lowest BCUT2D eigenvalue weighted by Gasteiger charge is -2.22. The lowest BCUT2D eigenvalue weighted by molar-refractivity contribution is 0.244. The van der Waals surface area contributed by atoms with Crippen molar-refractivity contribution in [2.75, 3.05) is 19.6 Å². The van der Waals surface area contributed by atoms with Gasteiger partial charge in [0.05, 0.1) is 0 Å². The van der Waals surface area contributed by atoms with E-state index in [0.717, 1.165) is 18.5 Å². The highest BCUT2D eigenvalue weighted by atomic mass is 15.2. The van der Waals surface area contributed by atoms with Gasteiger partial charge in [-0.3, -0.25) is 0 Å². The van der Waals surface area contributed by atoms with Gasteiger partial charge in [-0.2, -0.15) is 0 Å². The predicted octanol–water partition coefficient (Wildman–Crippen LogP) is 1.07. The Morgan fingerprint density at radius 1 is 1.64 bits per heavy atom. The Morgan fingerprint density at radius 2 is 2.36 bits per heavy atom. The second-order valence-electron chi connectivity index (χ2n) is 3.64. The van der Waals surface area contributed by atoms with Crippen molar-refractivity contribution >= 4 is 0 Å². The number of hydrogen-bond donors (Lipinski definition) is 1. The third kappa shape index (κ3) is 2.17. The number of hydrogen-bond acceptors (Lipinski definition) is 2. The van der Waals surface area contributed by atoms with Crippen LogP contribution in [0.3, 0.4) is 0 Å². The molecule has 2 N–H and O–H groups in total. The molecule has 0 bridgehead atoms. The van der Waals surface area contributed by atoms with E-state index in [1.165, 1.54) is 25.9 Å². The molecule has 2 atom stereocenters. The highest BCUT2D eigenvalue weighted by Crippen LogP contribution is 2.18. The molecule has 1 rings (SSSR count). The van der Waals surface area contributed by atoms with Gasteiger partial charge in [0.1, 0.15) is 0 Å². The van der Waals surface area contributed by atoms with Crippen LogP contribution >= 0.6 is 0 Å². The summed E-state index contributed by atoms with van der Waals surface area (Å²) < 4.78 is 0. The largest absolute Gasteiger partial charge is 0.330 e. The molecular weight excluding hydrogens is 136 g/mol. The molecule has 1 aliphatic heterocycles. The second kappa shape index (κ2) is 4.07. The molecule has 0 saturated carbocycles. The molecule has 0 aromatic carbocycles. The first-order valence-corrected chi connectivity index (χ1v) is 4.72. The molecule has 2 heteroatoms. The minimum absolute atomic E-state index is 0.756. The number of likely N-dealkylation sites (tertiary alicyclic amines) is 1. The van der Waals surface area contributed by atoms with Crippen LogP contribution in [0.1, 0.15) is 26.7 Å². The van der Waals surface area contributed by atoms with Crippen molar-refractivity contribution in [1.82, 2.24) is 4.90 Å². The zero-order chi connectivity index (χ0) is 8.27. The number of rotatable bonds is 3. The Labute approximate surface area is 69.8 Å². The van der Waals surface area contributed by atoms with E-state index in [2.05, 4.69) is 18.7 Å². The van der Waals surface area contributed by atoms with Gasteiger partial charge < -0.3 is 10.6 Å². The fourth-order valence-corrected chi connectivity index (χ4v) is 1.71. The molecule has 1 aliphatic rings. The van der Waals surface area contributed by atoms with Gasteiger partial charge in [-0.05, 0) is 38.8 Å². The molecule has 0 aliphatic carbocycles. The van der Waals surface area contributed by atoms with Gasteiger partial charge in [-0.15, -0.1) is 0 Å². The van der Waals surface area contributed by atoms with Gasteiger partial charge in [-0.1, -0.05) is 6.92 Å². The maximum absolute atomic E-state index is 5.61. The SMILES string of the molecule is CC[C@@H](C)N1CC[C@H](CN)C1. The van der Waals surface area contributed by atoms with E-state index in [4.69, 9.17) is 5.73 Å². The first-order valence-electron chi connectivity index (χ1n) is 4.72. The van der Waals surface area contributed by atoms with Crippen molar-refractivity contribution < 1.29 is 0 Å². The Hall–Kier alpha value is -0.0800. The van der Waals surface area contributed by atoms with Crippen LogP contribution in [0.2, 0.25) is 0 Å². The topological polar surface area (TPSA) is 29.3 Å². The van der Waals surface area contributed by atoms with Crippen LogP contribution in [-0.2, 0) is 0 Å². The molecule has 0 unspecified atom stereocenters. The minimum Gasteiger partial charge on any atom is -0.330 e. The quantitative estimate of drug-likeness (QED) is 0.662. The maximum atomic E-state index is 5.61. The van der Waals surface area contributed by atoms with Crippen molar-refractivity contribution in [3.63, 3.8) is 0 Å². The van der Waals surface area contributed by atoms with Crippen molar-refractivity contribution in [3.05, 3.63) is 0 Å². The monoisotopic (exact) mass is 156 g/mol. The summed E-state index contributed by atoms with van der Waals surface area (Å²) in [7, 11) is 0. The summed E-state index contributed by atoms with van der Waals surface area (Å²) in [6.45, 7) is 7.91. The van der Waals surface area contributed by atoms with Crippen molar-refractivity contribution in [1.29, 1.82) is 0 Å². The summed E-state index contributed by atoms with van der Waals surface area (Å²) in [6, 6.07) is 0.756. The molecule has 0 radical (unpaired) electrons. The van der Waals surface area contributed by atoms with Gasteiger partial charge in [0.2, 0.25) is 0 Å². The minimum atomic E-state index is 0.756. The molecule has 0 aromatic rings. The number of nitrogens with two attached hydrogens (primary N) is 1. The molecule has 0 amide bonds.